The number of oxime groups is 1. The van der Waals surface area contributed by atoms with Gasteiger partial charge < -0.3 is 15.1 Å². The highest BCUT2D eigenvalue weighted by Crippen LogP contribution is 2.25. The number of hydrogen-bond donors (Lipinski definition) is 1. The van der Waals surface area contributed by atoms with Crippen LogP contribution in [0.2, 0.25) is 0 Å². The fraction of sp³-hybridized carbons (Fsp3) is 0.276. The minimum Gasteiger partial charge on any atom is -0.399 e. The van der Waals surface area contributed by atoms with Crippen LogP contribution in [-0.2, 0) is 16.1 Å². The lowest BCUT2D eigenvalue weighted by Gasteiger charge is -2.25. The molecule has 0 aliphatic carbocycles. The monoisotopic (exact) mass is 469 g/mol. The molecule has 0 radical (unpaired) electrons. The molecule has 1 N–H and O–H groups in total. The Morgan fingerprint density at radius 1 is 1.03 bits per heavy atom. The second kappa shape index (κ2) is 11.0. The molecule has 6 nitrogen and oxygen atoms in total. The van der Waals surface area contributed by atoms with E-state index < -0.39 is 6.04 Å². The third kappa shape index (κ3) is 5.77. The molecule has 180 valence electrons. The lowest BCUT2D eigenvalue weighted by Crippen LogP contribution is -2.48. The maximum absolute atomic E-state index is 13.5. The van der Waals surface area contributed by atoms with Crippen molar-refractivity contribution in [2.45, 2.75) is 38.8 Å². The fourth-order valence-electron chi connectivity index (χ4n) is 4.56. The number of carbonyl (C=O) groups excluding carboxylic acids is 2. The summed E-state index contributed by atoms with van der Waals surface area (Å²) in [5, 5.41) is 7.11. The van der Waals surface area contributed by atoms with E-state index in [0.717, 1.165) is 16.7 Å². The molecule has 3 aromatic rings. The lowest BCUT2D eigenvalue weighted by atomic mass is 9.99. The van der Waals surface area contributed by atoms with Crippen molar-refractivity contribution in [3.8, 4) is 11.1 Å². The molecule has 1 fully saturated rings. The Bertz CT molecular complexity index is 1210. The molecule has 6 heteroatoms. The van der Waals surface area contributed by atoms with E-state index in [0.29, 0.717) is 24.1 Å². The van der Waals surface area contributed by atoms with E-state index in [9.17, 15) is 9.59 Å². The molecule has 4 rings (SSSR count). The Hall–Kier alpha value is -3.93. The number of likely N-dealkylation sites (tertiary alicyclic amines) is 1. The van der Waals surface area contributed by atoms with Crippen LogP contribution in [-0.4, -0.2) is 48.2 Å². The van der Waals surface area contributed by atoms with Gasteiger partial charge in [-0.05, 0) is 54.7 Å². The van der Waals surface area contributed by atoms with Gasteiger partial charge in [0.2, 0.25) is 5.91 Å². The number of nitrogens with zero attached hydrogens (tertiary/aromatic N) is 2. The first-order chi connectivity index (χ1) is 17.0. The quantitative estimate of drug-likeness (QED) is 0.513. The zero-order valence-electron chi connectivity index (χ0n) is 20.4. The zero-order chi connectivity index (χ0) is 24.8. The maximum atomic E-state index is 13.5. The molecule has 0 aromatic heterocycles. The molecule has 1 heterocycles. The molecular weight excluding hydrogens is 438 g/mol. The first-order valence-corrected chi connectivity index (χ1v) is 11.9. The van der Waals surface area contributed by atoms with Crippen LogP contribution in [0.3, 0.4) is 0 Å². The van der Waals surface area contributed by atoms with Crippen molar-refractivity contribution in [2.24, 2.45) is 5.16 Å². The molecule has 2 atom stereocenters. The van der Waals surface area contributed by atoms with Crippen molar-refractivity contribution in [1.29, 1.82) is 0 Å². The summed E-state index contributed by atoms with van der Waals surface area (Å²) < 4.78 is 0. The molecule has 0 bridgehead atoms. The number of hydrogen-bond acceptors (Lipinski definition) is 4. The molecule has 1 aliphatic heterocycles. The van der Waals surface area contributed by atoms with Gasteiger partial charge in [-0.25, -0.2) is 0 Å². The fourth-order valence-corrected chi connectivity index (χ4v) is 4.56. The number of aryl methyl sites for hydroxylation is 1. The van der Waals surface area contributed by atoms with Gasteiger partial charge in [-0.2, -0.15) is 0 Å². The Kier molecular flexibility index (Phi) is 7.60. The zero-order valence-corrected chi connectivity index (χ0v) is 20.4. The van der Waals surface area contributed by atoms with Crippen LogP contribution in [0.15, 0.2) is 84.0 Å². The highest BCUT2D eigenvalue weighted by molar-refractivity contribution is 6.05. The van der Waals surface area contributed by atoms with Gasteiger partial charge in [-0.3, -0.25) is 9.59 Å². The molecule has 1 unspecified atom stereocenters. The summed E-state index contributed by atoms with van der Waals surface area (Å²) in [5.41, 5.74) is 5.71. The van der Waals surface area contributed by atoms with Gasteiger partial charge in [0.25, 0.3) is 5.91 Å². The van der Waals surface area contributed by atoms with E-state index in [4.69, 9.17) is 4.84 Å². The predicted octanol–water partition coefficient (Wildman–Crippen LogP) is 4.63. The highest BCUT2D eigenvalue weighted by Gasteiger charge is 2.38. The van der Waals surface area contributed by atoms with E-state index >= 15 is 0 Å². The van der Waals surface area contributed by atoms with Gasteiger partial charge >= 0.3 is 0 Å². The van der Waals surface area contributed by atoms with Crippen LogP contribution in [0.5, 0.6) is 0 Å². The van der Waals surface area contributed by atoms with Crippen molar-refractivity contribution >= 4 is 17.5 Å². The van der Waals surface area contributed by atoms with Crippen molar-refractivity contribution in [3.05, 3.63) is 95.6 Å². The smallest absolute Gasteiger partial charge is 0.254 e. The van der Waals surface area contributed by atoms with Crippen LogP contribution >= 0.6 is 0 Å². The van der Waals surface area contributed by atoms with Crippen LogP contribution in [0.1, 0.15) is 34.8 Å². The first kappa shape index (κ1) is 24.2. The minimum atomic E-state index is -0.634. The van der Waals surface area contributed by atoms with Crippen molar-refractivity contribution in [2.75, 3.05) is 13.7 Å². The number of amides is 2. The third-order valence-corrected chi connectivity index (χ3v) is 6.30. The Morgan fingerprint density at radius 3 is 2.40 bits per heavy atom. The first-order valence-electron chi connectivity index (χ1n) is 11.9. The van der Waals surface area contributed by atoms with Crippen LogP contribution in [0, 0.1) is 6.92 Å². The molecule has 1 saturated heterocycles. The summed E-state index contributed by atoms with van der Waals surface area (Å²) >= 11 is 0. The van der Waals surface area contributed by atoms with E-state index in [1.54, 1.807) is 4.90 Å². The molecule has 35 heavy (non-hydrogen) atoms. The van der Waals surface area contributed by atoms with Crippen LogP contribution < -0.4 is 5.32 Å². The van der Waals surface area contributed by atoms with Gasteiger partial charge in [0.1, 0.15) is 13.2 Å². The van der Waals surface area contributed by atoms with Gasteiger partial charge in [0.05, 0.1) is 12.3 Å². The average Bonchev–Trinajstić information content (AvgIpc) is 3.29. The van der Waals surface area contributed by atoms with E-state index in [-0.39, 0.29) is 24.4 Å². The van der Waals surface area contributed by atoms with Crippen molar-refractivity contribution in [1.82, 2.24) is 10.2 Å². The van der Waals surface area contributed by atoms with Gasteiger partial charge in [-0.15, -0.1) is 0 Å². The van der Waals surface area contributed by atoms with Crippen molar-refractivity contribution in [3.63, 3.8) is 0 Å². The predicted molar refractivity (Wildman–Crippen MR) is 138 cm³/mol. The van der Waals surface area contributed by atoms with Gasteiger partial charge in [0.15, 0.2) is 0 Å². The van der Waals surface area contributed by atoms with Crippen LogP contribution in [0.4, 0.5) is 0 Å². The summed E-state index contributed by atoms with van der Waals surface area (Å²) in [6, 6.07) is 25.0. The molecule has 1 aliphatic rings. The SMILES string of the molecule is CON=C1C[C@@H](C(=O)NC(C)Cc2ccccc2)N(C(=O)c2ccc(-c3ccccc3C)cc2)C1. The van der Waals surface area contributed by atoms with E-state index in [2.05, 4.69) is 29.5 Å². The highest BCUT2D eigenvalue weighted by atomic mass is 16.6. The lowest BCUT2D eigenvalue weighted by molar-refractivity contribution is -0.125. The number of benzene rings is 3. The second-order valence-electron chi connectivity index (χ2n) is 8.98. The molecule has 0 saturated carbocycles. The Morgan fingerprint density at radius 2 is 1.71 bits per heavy atom. The number of rotatable bonds is 7. The summed E-state index contributed by atoms with van der Waals surface area (Å²) in [7, 11) is 1.47. The van der Waals surface area contributed by atoms with Gasteiger partial charge in [-0.1, -0.05) is 71.9 Å². The summed E-state index contributed by atoms with van der Waals surface area (Å²) in [6.07, 6.45) is 1.07. The summed E-state index contributed by atoms with van der Waals surface area (Å²) in [5.74, 6) is -0.377. The summed E-state index contributed by atoms with van der Waals surface area (Å²) in [4.78, 5) is 33.2. The van der Waals surface area contributed by atoms with Crippen molar-refractivity contribution < 1.29 is 14.4 Å². The average molecular weight is 470 g/mol. The third-order valence-electron chi connectivity index (χ3n) is 6.30. The molecule has 0 spiro atoms. The minimum absolute atomic E-state index is 0.0707. The normalized spacial score (nSPS) is 17.3. The van der Waals surface area contributed by atoms with E-state index in [1.807, 2.05) is 73.7 Å². The number of nitrogens with one attached hydrogen (secondary N) is 1. The molecule has 3 aromatic carbocycles. The topological polar surface area (TPSA) is 71.0 Å². The Balaban J connectivity index is 1.49. The van der Waals surface area contributed by atoms with Crippen LogP contribution in [0.25, 0.3) is 11.1 Å². The Labute approximate surface area is 206 Å². The largest absolute Gasteiger partial charge is 0.399 e. The second-order valence-corrected chi connectivity index (χ2v) is 8.98. The van der Waals surface area contributed by atoms with Gasteiger partial charge in [0, 0.05) is 18.0 Å². The van der Waals surface area contributed by atoms with E-state index in [1.165, 1.54) is 12.7 Å². The number of carbonyl (C=O) groups is 2. The maximum Gasteiger partial charge on any atom is 0.254 e. The molecule has 2 amide bonds. The standard InChI is InChI=1S/C29H31N3O3/c1-20-9-7-8-12-26(20)23-13-15-24(16-14-23)29(34)32-19-25(31-35-3)18-27(32)28(33)30-21(2)17-22-10-5-4-6-11-22/h4-16,21,27H,17-19H2,1-3H3,(H,30,33)/t21?,27-/m0/s1. The summed E-state index contributed by atoms with van der Waals surface area (Å²) in [6.45, 7) is 4.30. The molecular formula is C29H31N3O3.